The van der Waals surface area contributed by atoms with Crippen LogP contribution < -0.4 is 10.1 Å². The fourth-order valence-electron chi connectivity index (χ4n) is 3.82. The first kappa shape index (κ1) is 18.5. The Labute approximate surface area is 154 Å². The van der Waals surface area contributed by atoms with E-state index in [0.717, 1.165) is 37.0 Å². The fraction of sp³-hybridized carbons (Fsp3) is 0.500. The highest BCUT2D eigenvalue weighted by Gasteiger charge is 2.40. The molecule has 0 aromatic heterocycles. The maximum atomic E-state index is 12.9. The van der Waals surface area contributed by atoms with Crippen LogP contribution in [0.3, 0.4) is 0 Å². The van der Waals surface area contributed by atoms with Gasteiger partial charge in [-0.15, -0.1) is 0 Å². The standard InChI is InChI=1S/C20H26N2O4/c1-25-12-11-22-18-6-4-3-5-16(18)17(20(22)24)13-19(23)21-14-7-9-15(26-2)10-8-14/h7-10,18H,3-6,11-13H2,1-2H3,(H,21,23). The van der Waals surface area contributed by atoms with Gasteiger partial charge in [0.1, 0.15) is 5.75 Å². The summed E-state index contributed by atoms with van der Waals surface area (Å²) in [5.74, 6) is 0.565. The van der Waals surface area contributed by atoms with Gasteiger partial charge in [0.2, 0.25) is 5.91 Å². The summed E-state index contributed by atoms with van der Waals surface area (Å²) in [6.07, 6.45) is 4.22. The minimum Gasteiger partial charge on any atom is -0.497 e. The minimum atomic E-state index is -0.163. The van der Waals surface area contributed by atoms with Gasteiger partial charge in [-0.1, -0.05) is 6.42 Å². The smallest absolute Gasteiger partial charge is 0.250 e. The van der Waals surface area contributed by atoms with Gasteiger partial charge >= 0.3 is 0 Å². The molecule has 2 aliphatic rings. The van der Waals surface area contributed by atoms with E-state index < -0.39 is 0 Å². The summed E-state index contributed by atoms with van der Waals surface area (Å²) in [5.41, 5.74) is 2.53. The molecule has 26 heavy (non-hydrogen) atoms. The second kappa shape index (κ2) is 8.36. The molecule has 0 saturated heterocycles. The lowest BCUT2D eigenvalue weighted by Crippen LogP contribution is -2.39. The lowest BCUT2D eigenvalue weighted by molar-refractivity contribution is -0.129. The number of anilines is 1. The zero-order valence-electron chi connectivity index (χ0n) is 15.4. The van der Waals surface area contributed by atoms with Crippen molar-refractivity contribution in [3.05, 3.63) is 35.4 Å². The van der Waals surface area contributed by atoms with Crippen LogP contribution in [0.1, 0.15) is 32.1 Å². The quantitative estimate of drug-likeness (QED) is 0.814. The summed E-state index contributed by atoms with van der Waals surface area (Å²) in [6.45, 7) is 1.09. The molecule has 6 nitrogen and oxygen atoms in total. The summed E-state index contributed by atoms with van der Waals surface area (Å²) in [4.78, 5) is 27.2. The Hall–Kier alpha value is -2.34. The highest BCUT2D eigenvalue weighted by molar-refractivity contribution is 6.04. The predicted molar refractivity (Wildman–Crippen MR) is 99.1 cm³/mol. The van der Waals surface area contributed by atoms with E-state index in [2.05, 4.69) is 5.32 Å². The second-order valence-corrected chi connectivity index (χ2v) is 6.71. The number of hydrogen-bond acceptors (Lipinski definition) is 4. The summed E-state index contributed by atoms with van der Waals surface area (Å²) < 4.78 is 10.3. The van der Waals surface area contributed by atoms with Crippen molar-refractivity contribution >= 4 is 17.5 Å². The van der Waals surface area contributed by atoms with Crippen molar-refractivity contribution in [2.24, 2.45) is 0 Å². The average molecular weight is 358 g/mol. The van der Waals surface area contributed by atoms with Crippen LogP contribution in [0, 0.1) is 0 Å². The third kappa shape index (κ3) is 3.90. The third-order valence-electron chi connectivity index (χ3n) is 5.11. The van der Waals surface area contributed by atoms with E-state index in [1.54, 1.807) is 38.5 Å². The highest BCUT2D eigenvalue weighted by Crippen LogP contribution is 2.37. The molecule has 1 atom stereocenters. The lowest BCUT2D eigenvalue weighted by atomic mass is 9.88. The molecule has 1 saturated carbocycles. The van der Waals surface area contributed by atoms with Gasteiger partial charge in [0.15, 0.2) is 0 Å². The first-order valence-corrected chi connectivity index (χ1v) is 9.09. The monoisotopic (exact) mass is 358 g/mol. The molecular formula is C20H26N2O4. The molecule has 3 rings (SSSR count). The number of carbonyl (C=O) groups is 2. The molecule has 1 fully saturated rings. The van der Waals surface area contributed by atoms with Crippen LogP contribution in [-0.4, -0.2) is 50.1 Å². The van der Waals surface area contributed by atoms with Crippen LogP contribution in [0.5, 0.6) is 5.75 Å². The Balaban J connectivity index is 1.69. The Morgan fingerprint density at radius 2 is 2.00 bits per heavy atom. The lowest BCUT2D eigenvalue weighted by Gasteiger charge is -2.29. The number of hydrogen-bond donors (Lipinski definition) is 1. The van der Waals surface area contributed by atoms with Gasteiger partial charge < -0.3 is 19.7 Å². The van der Waals surface area contributed by atoms with Gasteiger partial charge in [-0.05, 0) is 49.1 Å². The van der Waals surface area contributed by atoms with E-state index in [9.17, 15) is 9.59 Å². The van der Waals surface area contributed by atoms with Crippen LogP contribution in [0.2, 0.25) is 0 Å². The first-order chi connectivity index (χ1) is 12.6. The van der Waals surface area contributed by atoms with Crippen molar-refractivity contribution < 1.29 is 19.1 Å². The summed E-state index contributed by atoms with van der Waals surface area (Å²) >= 11 is 0. The Morgan fingerprint density at radius 1 is 1.23 bits per heavy atom. The largest absolute Gasteiger partial charge is 0.497 e. The van der Waals surface area contributed by atoms with Gasteiger partial charge in [0, 0.05) is 24.9 Å². The van der Waals surface area contributed by atoms with E-state index in [4.69, 9.17) is 9.47 Å². The number of carbonyl (C=O) groups excluding carboxylic acids is 2. The maximum Gasteiger partial charge on any atom is 0.250 e. The van der Waals surface area contributed by atoms with Crippen molar-refractivity contribution in [3.63, 3.8) is 0 Å². The highest BCUT2D eigenvalue weighted by atomic mass is 16.5. The van der Waals surface area contributed by atoms with Crippen LogP contribution in [0.15, 0.2) is 35.4 Å². The number of methoxy groups -OCH3 is 2. The molecule has 1 N–H and O–H groups in total. The summed E-state index contributed by atoms with van der Waals surface area (Å²) in [7, 11) is 3.24. The van der Waals surface area contributed by atoms with Crippen molar-refractivity contribution in [3.8, 4) is 5.75 Å². The number of fused-ring (bicyclic) bond motifs is 1. The molecule has 0 radical (unpaired) electrons. The molecule has 1 heterocycles. The minimum absolute atomic E-state index is 0.00571. The molecule has 1 aliphatic heterocycles. The fourth-order valence-corrected chi connectivity index (χ4v) is 3.82. The molecule has 0 spiro atoms. The summed E-state index contributed by atoms with van der Waals surface area (Å²) in [5, 5.41) is 2.87. The Morgan fingerprint density at radius 3 is 2.69 bits per heavy atom. The van der Waals surface area contributed by atoms with Gasteiger partial charge in [0.25, 0.3) is 5.91 Å². The number of amides is 2. The topological polar surface area (TPSA) is 67.9 Å². The van der Waals surface area contributed by atoms with Gasteiger partial charge in [0.05, 0.1) is 26.2 Å². The van der Waals surface area contributed by atoms with Crippen molar-refractivity contribution in [1.82, 2.24) is 4.90 Å². The number of benzene rings is 1. The summed E-state index contributed by atoms with van der Waals surface area (Å²) in [6, 6.07) is 7.32. The molecule has 2 amide bonds. The van der Waals surface area contributed by atoms with Gasteiger partial charge in [-0.3, -0.25) is 9.59 Å². The van der Waals surface area contributed by atoms with Crippen LogP contribution in [-0.2, 0) is 14.3 Å². The normalized spacial score (nSPS) is 19.5. The maximum absolute atomic E-state index is 12.9. The van der Waals surface area contributed by atoms with E-state index in [0.29, 0.717) is 24.4 Å². The number of ether oxygens (including phenoxy) is 2. The van der Waals surface area contributed by atoms with Crippen LogP contribution in [0.25, 0.3) is 0 Å². The van der Waals surface area contributed by atoms with E-state index in [-0.39, 0.29) is 24.3 Å². The number of rotatable bonds is 7. The molecule has 1 unspecified atom stereocenters. The average Bonchev–Trinajstić information content (AvgIpc) is 2.92. The zero-order valence-corrected chi connectivity index (χ0v) is 15.4. The molecule has 1 aromatic carbocycles. The Bertz CT molecular complexity index is 696. The molecule has 6 heteroatoms. The molecule has 140 valence electrons. The van der Waals surface area contributed by atoms with Crippen molar-refractivity contribution in [2.75, 3.05) is 32.7 Å². The van der Waals surface area contributed by atoms with Crippen LogP contribution >= 0.6 is 0 Å². The van der Waals surface area contributed by atoms with Crippen molar-refractivity contribution in [1.29, 1.82) is 0 Å². The third-order valence-corrected chi connectivity index (χ3v) is 5.11. The Kier molecular flexibility index (Phi) is 5.93. The second-order valence-electron chi connectivity index (χ2n) is 6.71. The zero-order chi connectivity index (χ0) is 18.5. The van der Waals surface area contributed by atoms with Crippen LogP contribution in [0.4, 0.5) is 5.69 Å². The molecule has 0 bridgehead atoms. The molecule has 1 aromatic rings. The van der Waals surface area contributed by atoms with E-state index >= 15 is 0 Å². The first-order valence-electron chi connectivity index (χ1n) is 9.09. The van der Waals surface area contributed by atoms with E-state index in [1.165, 1.54) is 0 Å². The van der Waals surface area contributed by atoms with Gasteiger partial charge in [-0.2, -0.15) is 0 Å². The SMILES string of the molecule is COCCN1C(=O)C(CC(=O)Nc2ccc(OC)cc2)=C2CCCCC21. The number of nitrogens with one attached hydrogen (secondary N) is 1. The molecular weight excluding hydrogens is 332 g/mol. The van der Waals surface area contributed by atoms with E-state index in [1.807, 2.05) is 4.90 Å². The predicted octanol–water partition coefficient (Wildman–Crippen LogP) is 2.75. The van der Waals surface area contributed by atoms with Crippen molar-refractivity contribution in [2.45, 2.75) is 38.1 Å². The van der Waals surface area contributed by atoms with Gasteiger partial charge in [-0.25, -0.2) is 0 Å². The number of nitrogens with zero attached hydrogens (tertiary/aromatic N) is 1. The molecule has 1 aliphatic carbocycles.